The number of fused-ring (bicyclic) bond motifs is 5. The van der Waals surface area contributed by atoms with Crippen molar-refractivity contribution in [1.82, 2.24) is 14.9 Å². The van der Waals surface area contributed by atoms with Crippen molar-refractivity contribution < 1.29 is 33.3 Å². The fraction of sp³-hybridized carbons (Fsp3) is 0.656. The summed E-state index contributed by atoms with van der Waals surface area (Å²) < 4.78 is 23.4. The Balaban J connectivity index is 1.50. The highest BCUT2D eigenvalue weighted by Crippen LogP contribution is 2.40. The second-order valence-corrected chi connectivity index (χ2v) is 12.9. The van der Waals surface area contributed by atoms with E-state index < -0.39 is 29.6 Å². The molecule has 3 aliphatic rings. The van der Waals surface area contributed by atoms with Gasteiger partial charge in [0.05, 0.1) is 37.0 Å². The molecule has 42 heavy (non-hydrogen) atoms. The molecule has 1 aliphatic carbocycles. The number of benzene rings is 1. The fourth-order valence-corrected chi connectivity index (χ4v) is 6.25. The quantitative estimate of drug-likeness (QED) is 0.386. The Hall–Kier alpha value is -3.27. The largest absolute Gasteiger partial charge is 0.497 e. The molecule has 2 aromatic rings. The lowest BCUT2D eigenvalue weighted by atomic mass is 9.77. The molecule has 2 aliphatic heterocycles. The molecule has 10 nitrogen and oxygen atoms in total. The molecule has 3 heterocycles. The van der Waals surface area contributed by atoms with Gasteiger partial charge in [-0.05, 0) is 49.1 Å². The van der Waals surface area contributed by atoms with E-state index >= 15 is 0 Å². The first-order chi connectivity index (χ1) is 20.1. The van der Waals surface area contributed by atoms with Crippen LogP contribution in [0.5, 0.6) is 11.6 Å². The maximum absolute atomic E-state index is 14.1. The molecule has 0 unspecified atom stereocenters. The average molecular weight is 582 g/mol. The van der Waals surface area contributed by atoms with Gasteiger partial charge in [-0.25, -0.2) is 9.97 Å². The molecule has 0 spiro atoms. The fourth-order valence-electron chi connectivity index (χ4n) is 6.25. The smallest absolute Gasteiger partial charge is 0.306 e. The molecule has 0 N–H and O–H groups in total. The standard InChI is InChI=1S/C32H43N3O7/c1-32(2,3)21-16-28(37)41-26-14-19(26)10-8-6-7-9-11-23-30(34-24-15-20(39-4)12-13-22(24)33-23)42-27-17-35(31(21)38)25(18-36)29(27)40-5/h12-13,15,18-19,21,25-27,29H,6-11,14,16-17H2,1-5H3/t19-,21-,25-,26-,27+,29+/m1/s1. The topological polar surface area (TPSA) is 117 Å². The van der Waals surface area contributed by atoms with Gasteiger partial charge in [-0.3, -0.25) is 9.59 Å². The molecule has 228 valence electrons. The Morgan fingerprint density at radius 2 is 1.79 bits per heavy atom. The van der Waals surface area contributed by atoms with E-state index in [0.29, 0.717) is 29.5 Å². The number of carbonyl (C=O) groups is 3. The van der Waals surface area contributed by atoms with Gasteiger partial charge in [-0.15, -0.1) is 0 Å². The van der Waals surface area contributed by atoms with Crippen molar-refractivity contribution in [3.8, 4) is 11.6 Å². The van der Waals surface area contributed by atoms with Gasteiger partial charge in [-0.2, -0.15) is 0 Å². The number of aromatic nitrogens is 2. The lowest BCUT2D eigenvalue weighted by Gasteiger charge is -2.34. The van der Waals surface area contributed by atoms with Gasteiger partial charge < -0.3 is 28.6 Å². The van der Waals surface area contributed by atoms with Crippen LogP contribution in [0.3, 0.4) is 0 Å². The van der Waals surface area contributed by atoms with Gasteiger partial charge in [0.15, 0.2) is 0 Å². The molecule has 2 bridgehead atoms. The number of esters is 1. The first kappa shape index (κ1) is 30.2. The molecule has 1 saturated carbocycles. The van der Waals surface area contributed by atoms with Crippen LogP contribution in [0, 0.1) is 17.3 Å². The summed E-state index contributed by atoms with van der Waals surface area (Å²) in [6.07, 6.45) is 5.96. The highest BCUT2D eigenvalue weighted by Gasteiger charge is 2.50. The second-order valence-electron chi connectivity index (χ2n) is 12.9. The summed E-state index contributed by atoms with van der Waals surface area (Å²) in [4.78, 5) is 50.7. The highest BCUT2D eigenvalue weighted by atomic mass is 16.6. The summed E-state index contributed by atoms with van der Waals surface area (Å²) in [5, 5.41) is 0. The minimum absolute atomic E-state index is 0.0427. The van der Waals surface area contributed by atoms with Crippen molar-refractivity contribution >= 4 is 29.2 Å². The first-order valence-electron chi connectivity index (χ1n) is 15.1. The van der Waals surface area contributed by atoms with E-state index in [0.717, 1.165) is 56.0 Å². The molecule has 1 amide bonds. The lowest BCUT2D eigenvalue weighted by Crippen LogP contribution is -2.47. The monoisotopic (exact) mass is 581 g/mol. The minimum Gasteiger partial charge on any atom is -0.497 e. The zero-order valence-electron chi connectivity index (χ0n) is 25.3. The lowest BCUT2D eigenvalue weighted by molar-refractivity contribution is -0.154. The zero-order valence-corrected chi connectivity index (χ0v) is 25.3. The Kier molecular flexibility index (Phi) is 9.01. The van der Waals surface area contributed by atoms with Gasteiger partial charge in [0.1, 0.15) is 42.1 Å². The Morgan fingerprint density at radius 3 is 2.50 bits per heavy atom. The van der Waals surface area contributed by atoms with Crippen LogP contribution in [0.25, 0.3) is 11.0 Å². The van der Waals surface area contributed by atoms with E-state index in [9.17, 15) is 14.4 Å². The predicted octanol–water partition coefficient (Wildman–Crippen LogP) is 4.30. The Labute approximate surface area is 247 Å². The van der Waals surface area contributed by atoms with E-state index in [1.54, 1.807) is 7.11 Å². The summed E-state index contributed by atoms with van der Waals surface area (Å²) in [6, 6.07) is 4.68. The molecule has 1 saturated heterocycles. The average Bonchev–Trinajstić information content (AvgIpc) is 3.59. The van der Waals surface area contributed by atoms with Crippen LogP contribution in [-0.4, -0.2) is 78.1 Å². The minimum atomic E-state index is -0.872. The van der Waals surface area contributed by atoms with E-state index in [2.05, 4.69) is 0 Å². The number of rotatable bonds is 3. The van der Waals surface area contributed by atoms with E-state index in [1.165, 1.54) is 12.0 Å². The summed E-state index contributed by atoms with van der Waals surface area (Å²) in [5.74, 6) is 0.0981. The molecular weight excluding hydrogens is 538 g/mol. The molecule has 2 fully saturated rings. The molecule has 0 radical (unpaired) electrons. The van der Waals surface area contributed by atoms with Crippen LogP contribution in [-0.2, 0) is 30.3 Å². The number of methoxy groups -OCH3 is 2. The van der Waals surface area contributed by atoms with Crippen LogP contribution in [0.2, 0.25) is 0 Å². The van der Waals surface area contributed by atoms with Crippen molar-refractivity contribution in [2.45, 2.75) is 96.5 Å². The van der Waals surface area contributed by atoms with Crippen LogP contribution in [0.1, 0.15) is 71.4 Å². The third kappa shape index (κ3) is 6.53. The number of nitrogens with zero attached hydrogens (tertiary/aromatic N) is 3. The van der Waals surface area contributed by atoms with Crippen molar-refractivity contribution in [3.63, 3.8) is 0 Å². The Bertz CT molecular complexity index is 1310. The van der Waals surface area contributed by atoms with Crippen LogP contribution >= 0.6 is 0 Å². The third-order valence-corrected chi connectivity index (χ3v) is 8.90. The first-order valence-corrected chi connectivity index (χ1v) is 15.1. The molecular formula is C32H43N3O7. The summed E-state index contributed by atoms with van der Waals surface area (Å²) >= 11 is 0. The number of hydrogen-bond acceptors (Lipinski definition) is 9. The van der Waals surface area contributed by atoms with Crippen molar-refractivity contribution in [2.24, 2.45) is 17.3 Å². The number of aldehydes is 1. The number of ether oxygens (including phenoxy) is 4. The van der Waals surface area contributed by atoms with Crippen LogP contribution < -0.4 is 9.47 Å². The normalized spacial score (nSPS) is 29.3. The van der Waals surface area contributed by atoms with Gasteiger partial charge in [0.25, 0.3) is 0 Å². The summed E-state index contributed by atoms with van der Waals surface area (Å²) in [6.45, 7) is 5.90. The van der Waals surface area contributed by atoms with Gasteiger partial charge >= 0.3 is 5.97 Å². The summed E-state index contributed by atoms with van der Waals surface area (Å²) in [7, 11) is 3.11. The maximum atomic E-state index is 14.1. The highest BCUT2D eigenvalue weighted by molar-refractivity contribution is 5.87. The van der Waals surface area contributed by atoms with Crippen LogP contribution in [0.15, 0.2) is 18.2 Å². The van der Waals surface area contributed by atoms with Gasteiger partial charge in [0, 0.05) is 13.2 Å². The number of amides is 1. The molecule has 1 aromatic heterocycles. The molecule has 5 rings (SSSR count). The predicted molar refractivity (Wildman–Crippen MR) is 155 cm³/mol. The molecule has 6 atom stereocenters. The van der Waals surface area contributed by atoms with Crippen molar-refractivity contribution in [3.05, 3.63) is 23.9 Å². The van der Waals surface area contributed by atoms with Crippen molar-refractivity contribution in [1.29, 1.82) is 0 Å². The van der Waals surface area contributed by atoms with Crippen LogP contribution in [0.4, 0.5) is 0 Å². The van der Waals surface area contributed by atoms with Gasteiger partial charge in [0.2, 0.25) is 11.8 Å². The zero-order chi connectivity index (χ0) is 30.0. The number of hydrogen-bond donors (Lipinski definition) is 0. The Morgan fingerprint density at radius 1 is 1.00 bits per heavy atom. The SMILES string of the molecule is COc1ccc2nc3c(nc2c1)O[C@H]1CN(C(=O)[C@H](C(C)(C)C)CC(=O)O[C@@H]2C[C@H]2CCCCCC3)[C@H](C=O)[C@@H]1OC. The third-order valence-electron chi connectivity index (χ3n) is 8.90. The summed E-state index contributed by atoms with van der Waals surface area (Å²) in [5.41, 5.74) is 1.57. The van der Waals surface area contributed by atoms with Gasteiger partial charge in [-0.1, -0.05) is 40.0 Å². The second kappa shape index (κ2) is 12.5. The number of carbonyl (C=O) groups excluding carboxylic acids is 3. The van der Waals surface area contributed by atoms with E-state index in [-0.39, 0.29) is 30.9 Å². The van der Waals surface area contributed by atoms with Crippen molar-refractivity contribution in [2.75, 3.05) is 20.8 Å². The molecule has 1 aromatic carbocycles. The number of aryl methyl sites for hydroxylation is 1. The molecule has 10 heteroatoms. The maximum Gasteiger partial charge on any atom is 0.306 e. The van der Waals surface area contributed by atoms with E-state index in [1.807, 2.05) is 39.0 Å². The van der Waals surface area contributed by atoms with E-state index in [4.69, 9.17) is 28.9 Å².